The highest BCUT2D eigenvalue weighted by molar-refractivity contribution is 9.10. The minimum atomic E-state index is -0.235. The molecule has 0 aliphatic carbocycles. The van der Waals surface area contributed by atoms with Gasteiger partial charge in [-0.2, -0.15) is 0 Å². The number of para-hydroxylation sites is 1. The number of benzene rings is 2. The van der Waals surface area contributed by atoms with Crippen LogP contribution in [0.2, 0.25) is 0 Å². The highest BCUT2D eigenvalue weighted by Gasteiger charge is 2.35. The molecule has 1 fully saturated rings. The Kier molecular flexibility index (Phi) is 4.93. The Bertz CT molecular complexity index is 1070. The van der Waals surface area contributed by atoms with Gasteiger partial charge in [0.2, 0.25) is 0 Å². The number of aromatic nitrogens is 1. The summed E-state index contributed by atoms with van der Waals surface area (Å²) in [5.41, 5.74) is 3.01. The zero-order valence-corrected chi connectivity index (χ0v) is 17.1. The van der Waals surface area contributed by atoms with Crippen LogP contribution >= 0.6 is 27.7 Å². The van der Waals surface area contributed by atoms with Crippen LogP contribution in [0.3, 0.4) is 0 Å². The van der Waals surface area contributed by atoms with Crippen molar-refractivity contribution in [3.05, 3.63) is 75.2 Å². The fourth-order valence-electron chi connectivity index (χ4n) is 3.20. The Morgan fingerprint density at radius 2 is 1.81 bits per heavy atom. The van der Waals surface area contributed by atoms with E-state index in [1.165, 1.54) is 4.90 Å². The standard InChI is InChI=1S/C21H17BrN2O2S/c1-2-23-13-15(17-5-3-4-6-18(17)23)11-19-20(25)24(21(26)27-19)12-14-7-9-16(22)10-8-14/h3-11,13H,2,12H2,1H3/b19-11-. The van der Waals surface area contributed by atoms with E-state index in [1.807, 2.05) is 54.7 Å². The maximum Gasteiger partial charge on any atom is 0.293 e. The molecule has 4 nitrogen and oxygen atoms in total. The van der Waals surface area contributed by atoms with Crippen LogP contribution in [0.5, 0.6) is 0 Å². The first-order valence-electron chi connectivity index (χ1n) is 8.64. The first-order chi connectivity index (χ1) is 13.1. The van der Waals surface area contributed by atoms with Crippen molar-refractivity contribution < 1.29 is 9.59 Å². The zero-order chi connectivity index (χ0) is 19.0. The lowest BCUT2D eigenvalue weighted by Gasteiger charge is -2.12. The van der Waals surface area contributed by atoms with Crippen LogP contribution in [0.25, 0.3) is 17.0 Å². The van der Waals surface area contributed by atoms with Gasteiger partial charge in [0.25, 0.3) is 11.1 Å². The third kappa shape index (κ3) is 3.47. The SMILES string of the molecule is CCn1cc(/C=C2\SC(=O)N(Cc3ccc(Br)cc3)C2=O)c2ccccc21. The number of imide groups is 1. The Morgan fingerprint density at radius 1 is 1.07 bits per heavy atom. The monoisotopic (exact) mass is 440 g/mol. The van der Waals surface area contributed by atoms with Gasteiger partial charge in [0.1, 0.15) is 0 Å². The molecule has 27 heavy (non-hydrogen) atoms. The van der Waals surface area contributed by atoms with Gasteiger partial charge in [-0.15, -0.1) is 0 Å². The average molecular weight is 441 g/mol. The molecule has 0 radical (unpaired) electrons. The molecule has 1 aliphatic rings. The maximum absolute atomic E-state index is 12.8. The first kappa shape index (κ1) is 18.1. The summed E-state index contributed by atoms with van der Waals surface area (Å²) in [6, 6.07) is 15.7. The zero-order valence-electron chi connectivity index (χ0n) is 14.7. The summed E-state index contributed by atoms with van der Waals surface area (Å²) in [4.78, 5) is 27.0. The van der Waals surface area contributed by atoms with E-state index in [2.05, 4.69) is 33.5 Å². The minimum absolute atomic E-state index is 0.228. The lowest BCUT2D eigenvalue weighted by Crippen LogP contribution is -2.27. The van der Waals surface area contributed by atoms with Crippen molar-refractivity contribution in [2.75, 3.05) is 0 Å². The summed E-state index contributed by atoms with van der Waals surface area (Å²) in [5.74, 6) is -0.235. The van der Waals surface area contributed by atoms with Gasteiger partial charge in [-0.1, -0.05) is 46.3 Å². The molecule has 0 atom stereocenters. The molecule has 3 aromatic rings. The number of amides is 2. The number of thioether (sulfide) groups is 1. The van der Waals surface area contributed by atoms with E-state index in [0.29, 0.717) is 4.91 Å². The molecule has 2 heterocycles. The quantitative estimate of drug-likeness (QED) is 0.491. The van der Waals surface area contributed by atoms with Crippen molar-refractivity contribution in [3.63, 3.8) is 0 Å². The summed E-state index contributed by atoms with van der Waals surface area (Å²) < 4.78 is 3.11. The molecule has 136 valence electrons. The van der Waals surface area contributed by atoms with Crippen molar-refractivity contribution in [1.82, 2.24) is 9.47 Å². The van der Waals surface area contributed by atoms with Gasteiger partial charge in [-0.05, 0) is 48.5 Å². The highest BCUT2D eigenvalue weighted by Crippen LogP contribution is 2.35. The number of halogens is 1. The van der Waals surface area contributed by atoms with E-state index in [-0.39, 0.29) is 17.7 Å². The third-order valence-electron chi connectivity index (χ3n) is 4.57. The molecule has 0 bridgehead atoms. The van der Waals surface area contributed by atoms with Crippen LogP contribution in [0.1, 0.15) is 18.1 Å². The molecule has 1 saturated heterocycles. The van der Waals surface area contributed by atoms with E-state index < -0.39 is 0 Å². The molecule has 0 saturated carbocycles. The number of nitrogens with zero attached hydrogens (tertiary/aromatic N) is 2. The molecule has 2 aromatic carbocycles. The van der Waals surface area contributed by atoms with Crippen LogP contribution in [0.4, 0.5) is 4.79 Å². The number of hydrogen-bond donors (Lipinski definition) is 0. The second-order valence-electron chi connectivity index (χ2n) is 6.28. The Morgan fingerprint density at radius 3 is 2.56 bits per heavy atom. The van der Waals surface area contributed by atoms with E-state index >= 15 is 0 Å². The van der Waals surface area contributed by atoms with Gasteiger partial charge in [-0.25, -0.2) is 0 Å². The Labute approximate surface area is 170 Å². The van der Waals surface area contributed by atoms with Gasteiger partial charge in [-0.3, -0.25) is 14.5 Å². The molecule has 4 rings (SSSR count). The first-order valence-corrected chi connectivity index (χ1v) is 10.3. The number of carbonyl (C=O) groups excluding carboxylic acids is 2. The van der Waals surface area contributed by atoms with Gasteiger partial charge in [0.15, 0.2) is 0 Å². The van der Waals surface area contributed by atoms with Crippen LogP contribution < -0.4 is 0 Å². The largest absolute Gasteiger partial charge is 0.347 e. The molecule has 1 aliphatic heterocycles. The lowest BCUT2D eigenvalue weighted by molar-refractivity contribution is -0.123. The Balaban J connectivity index is 1.64. The second-order valence-corrected chi connectivity index (χ2v) is 8.19. The number of hydrogen-bond acceptors (Lipinski definition) is 3. The van der Waals surface area contributed by atoms with Gasteiger partial charge >= 0.3 is 0 Å². The van der Waals surface area contributed by atoms with Crippen molar-refractivity contribution in [2.24, 2.45) is 0 Å². The number of rotatable bonds is 4. The molecule has 0 N–H and O–H groups in total. The predicted octanol–water partition coefficient (Wildman–Crippen LogP) is 5.66. The van der Waals surface area contributed by atoms with E-state index in [9.17, 15) is 9.59 Å². The van der Waals surface area contributed by atoms with Gasteiger partial charge in [0.05, 0.1) is 11.4 Å². The van der Waals surface area contributed by atoms with Crippen molar-refractivity contribution in [1.29, 1.82) is 0 Å². The van der Waals surface area contributed by atoms with Gasteiger partial charge in [0, 0.05) is 33.7 Å². The molecule has 6 heteroatoms. The summed E-state index contributed by atoms with van der Waals surface area (Å²) >= 11 is 4.40. The van der Waals surface area contributed by atoms with Crippen LogP contribution in [0, 0.1) is 0 Å². The second kappa shape index (κ2) is 7.37. The van der Waals surface area contributed by atoms with Crippen molar-refractivity contribution >= 4 is 55.8 Å². The highest BCUT2D eigenvalue weighted by atomic mass is 79.9. The molecular weight excluding hydrogens is 424 g/mol. The topological polar surface area (TPSA) is 42.3 Å². The number of carbonyl (C=O) groups is 2. The van der Waals surface area contributed by atoms with Gasteiger partial charge < -0.3 is 4.57 Å². The predicted molar refractivity (Wildman–Crippen MR) is 113 cm³/mol. The Hall–Kier alpha value is -2.31. The van der Waals surface area contributed by atoms with Crippen LogP contribution in [0.15, 0.2) is 64.1 Å². The van der Waals surface area contributed by atoms with Crippen LogP contribution in [-0.2, 0) is 17.9 Å². The number of aryl methyl sites for hydroxylation is 1. The molecule has 2 amide bonds. The third-order valence-corrected chi connectivity index (χ3v) is 6.01. The minimum Gasteiger partial charge on any atom is -0.347 e. The van der Waals surface area contributed by atoms with E-state index in [0.717, 1.165) is 44.8 Å². The smallest absolute Gasteiger partial charge is 0.293 e. The summed E-state index contributed by atoms with van der Waals surface area (Å²) in [7, 11) is 0. The fraction of sp³-hybridized carbons (Fsp3) is 0.143. The summed E-state index contributed by atoms with van der Waals surface area (Å²) in [6.07, 6.45) is 3.87. The van der Waals surface area contributed by atoms with E-state index in [1.54, 1.807) is 0 Å². The number of fused-ring (bicyclic) bond motifs is 1. The summed E-state index contributed by atoms with van der Waals surface area (Å²) in [6.45, 7) is 3.22. The van der Waals surface area contributed by atoms with E-state index in [4.69, 9.17) is 0 Å². The van der Waals surface area contributed by atoms with Crippen LogP contribution in [-0.4, -0.2) is 20.6 Å². The molecule has 0 spiro atoms. The molecule has 0 unspecified atom stereocenters. The maximum atomic E-state index is 12.8. The average Bonchev–Trinajstić information content (AvgIpc) is 3.16. The summed E-state index contributed by atoms with van der Waals surface area (Å²) in [5, 5.41) is 0.854. The molecule has 1 aromatic heterocycles. The lowest BCUT2D eigenvalue weighted by atomic mass is 10.1. The molecular formula is C21H17BrN2O2S. The van der Waals surface area contributed by atoms with Crippen molar-refractivity contribution in [2.45, 2.75) is 20.0 Å². The fourth-order valence-corrected chi connectivity index (χ4v) is 4.30. The normalized spacial score (nSPS) is 16.1. The van der Waals surface area contributed by atoms with Crippen molar-refractivity contribution in [3.8, 4) is 0 Å².